The molecule has 2 saturated carbocycles. The fourth-order valence-electron chi connectivity index (χ4n) is 5.79. The monoisotopic (exact) mass is 398 g/mol. The lowest BCUT2D eigenvalue weighted by Crippen LogP contribution is -2.26. The average Bonchev–Trinajstić information content (AvgIpc) is 2.75. The number of aryl methyl sites for hydroxylation is 1. The van der Waals surface area contributed by atoms with Crippen LogP contribution >= 0.6 is 0 Å². The molecule has 0 aliphatic heterocycles. The number of carbonyl (C=O) groups is 1. The van der Waals surface area contributed by atoms with Crippen LogP contribution in [0.2, 0.25) is 0 Å². The van der Waals surface area contributed by atoms with E-state index >= 15 is 0 Å². The van der Waals surface area contributed by atoms with Gasteiger partial charge in [0.25, 0.3) is 0 Å². The molecule has 2 aliphatic rings. The number of hydrogen-bond donors (Lipinski definition) is 0. The van der Waals surface area contributed by atoms with E-state index in [-0.39, 0.29) is 5.97 Å². The number of hydrogen-bond acceptors (Lipinski definition) is 2. The van der Waals surface area contributed by atoms with Gasteiger partial charge in [-0.15, -0.1) is 0 Å². The maximum atomic E-state index is 11.6. The molecule has 2 fully saturated rings. The highest BCUT2D eigenvalue weighted by atomic mass is 16.5. The van der Waals surface area contributed by atoms with Gasteiger partial charge < -0.3 is 4.74 Å². The van der Waals surface area contributed by atoms with E-state index in [1.807, 2.05) is 19.1 Å². The zero-order valence-electron chi connectivity index (χ0n) is 18.8. The second-order valence-corrected chi connectivity index (χ2v) is 9.76. The molecule has 2 heteroatoms. The van der Waals surface area contributed by atoms with Crippen LogP contribution in [-0.4, -0.2) is 5.97 Å². The van der Waals surface area contributed by atoms with E-state index < -0.39 is 0 Å². The van der Waals surface area contributed by atoms with Crippen molar-refractivity contribution in [2.45, 2.75) is 104 Å². The van der Waals surface area contributed by atoms with Gasteiger partial charge >= 0.3 is 5.97 Å². The molecule has 0 aromatic heterocycles. The summed E-state index contributed by atoms with van der Waals surface area (Å²) >= 11 is 0. The van der Waals surface area contributed by atoms with Gasteiger partial charge in [0.2, 0.25) is 0 Å². The molecule has 0 unspecified atom stereocenters. The highest BCUT2D eigenvalue weighted by molar-refractivity contribution is 5.72. The zero-order chi connectivity index (χ0) is 20.5. The van der Waals surface area contributed by atoms with Crippen LogP contribution < -0.4 is 4.74 Å². The third kappa shape index (κ3) is 7.15. The summed E-state index contributed by atoms with van der Waals surface area (Å²) in [5.41, 5.74) is 1.37. The molecule has 0 heterocycles. The first-order valence-corrected chi connectivity index (χ1v) is 12.5. The van der Waals surface area contributed by atoms with Crippen molar-refractivity contribution < 1.29 is 9.53 Å². The van der Waals surface area contributed by atoms with Gasteiger partial charge in [-0.1, -0.05) is 64.5 Å². The van der Waals surface area contributed by atoms with Gasteiger partial charge in [-0.05, 0) is 86.3 Å². The lowest BCUT2D eigenvalue weighted by Gasteiger charge is -2.38. The van der Waals surface area contributed by atoms with E-state index in [2.05, 4.69) is 19.1 Å². The highest BCUT2D eigenvalue weighted by Gasteiger charge is 2.30. The van der Waals surface area contributed by atoms with Crippen molar-refractivity contribution in [1.82, 2.24) is 0 Å². The topological polar surface area (TPSA) is 26.3 Å². The molecular weight excluding hydrogens is 356 g/mol. The van der Waals surface area contributed by atoms with E-state index in [1.165, 1.54) is 76.2 Å². The first-order valence-electron chi connectivity index (χ1n) is 12.5. The van der Waals surface area contributed by atoms with Crippen molar-refractivity contribution >= 4 is 5.97 Å². The van der Waals surface area contributed by atoms with E-state index in [4.69, 9.17) is 4.74 Å². The van der Waals surface area contributed by atoms with Crippen LogP contribution in [0.3, 0.4) is 0 Å². The standard InChI is InChI=1S/C27H42O2/c1-3-5-21-9-15-24(16-10-21)25-17-11-22(12-18-25)7-8-23-13-19-26(20-14-23)29-27(28)6-4-2/h13-14,19-22,24-25H,3-12,15-18H2,1-2H3/t21-,22-,24-,25-. The summed E-state index contributed by atoms with van der Waals surface area (Å²) < 4.78 is 5.35. The molecule has 2 nitrogen and oxygen atoms in total. The van der Waals surface area contributed by atoms with Crippen molar-refractivity contribution in [2.24, 2.45) is 23.7 Å². The first kappa shape index (κ1) is 22.4. The van der Waals surface area contributed by atoms with Crippen molar-refractivity contribution in [1.29, 1.82) is 0 Å². The third-order valence-electron chi connectivity index (χ3n) is 7.60. The zero-order valence-corrected chi connectivity index (χ0v) is 18.8. The van der Waals surface area contributed by atoms with Crippen molar-refractivity contribution in [3.63, 3.8) is 0 Å². The Balaban J connectivity index is 1.34. The predicted molar refractivity (Wildman–Crippen MR) is 121 cm³/mol. The largest absolute Gasteiger partial charge is 0.427 e. The molecule has 1 aromatic rings. The molecule has 3 rings (SSSR count). The van der Waals surface area contributed by atoms with Gasteiger partial charge in [0.1, 0.15) is 5.75 Å². The molecule has 29 heavy (non-hydrogen) atoms. The number of rotatable bonds is 9. The molecule has 0 spiro atoms. The van der Waals surface area contributed by atoms with Crippen LogP contribution in [0.4, 0.5) is 0 Å². The van der Waals surface area contributed by atoms with Gasteiger partial charge in [0.15, 0.2) is 0 Å². The number of esters is 1. The molecule has 0 amide bonds. The molecule has 0 saturated heterocycles. The second-order valence-electron chi connectivity index (χ2n) is 9.76. The van der Waals surface area contributed by atoms with Gasteiger partial charge in [-0.2, -0.15) is 0 Å². The van der Waals surface area contributed by atoms with Crippen LogP contribution in [-0.2, 0) is 11.2 Å². The average molecular weight is 399 g/mol. The fourth-order valence-corrected chi connectivity index (χ4v) is 5.79. The molecular formula is C27H42O2. The molecule has 0 N–H and O–H groups in total. The van der Waals surface area contributed by atoms with Gasteiger partial charge in [-0.25, -0.2) is 0 Å². The number of benzene rings is 1. The van der Waals surface area contributed by atoms with E-state index in [1.54, 1.807) is 0 Å². The van der Waals surface area contributed by atoms with E-state index in [0.717, 1.165) is 36.5 Å². The highest BCUT2D eigenvalue weighted by Crippen LogP contribution is 2.42. The normalized spacial score (nSPS) is 27.5. The minimum atomic E-state index is -0.129. The van der Waals surface area contributed by atoms with Crippen LogP contribution in [0, 0.1) is 23.7 Å². The van der Waals surface area contributed by atoms with Gasteiger partial charge in [-0.3, -0.25) is 4.79 Å². The molecule has 162 valence electrons. The van der Waals surface area contributed by atoms with Crippen LogP contribution in [0.1, 0.15) is 103 Å². The third-order valence-corrected chi connectivity index (χ3v) is 7.60. The number of carbonyl (C=O) groups excluding carboxylic acids is 1. The smallest absolute Gasteiger partial charge is 0.311 e. The van der Waals surface area contributed by atoms with Gasteiger partial charge in [0, 0.05) is 6.42 Å². The Bertz CT molecular complexity index is 589. The second kappa shape index (κ2) is 11.8. The Kier molecular flexibility index (Phi) is 9.08. The van der Waals surface area contributed by atoms with Crippen LogP contribution in [0.25, 0.3) is 0 Å². The van der Waals surface area contributed by atoms with Gasteiger partial charge in [0.05, 0.1) is 0 Å². The Labute approximate surface area is 178 Å². The Morgan fingerprint density at radius 2 is 1.34 bits per heavy atom. The lowest BCUT2D eigenvalue weighted by atomic mass is 9.68. The lowest BCUT2D eigenvalue weighted by molar-refractivity contribution is -0.134. The first-order chi connectivity index (χ1) is 14.2. The molecule has 0 atom stereocenters. The quantitative estimate of drug-likeness (QED) is 0.314. The summed E-state index contributed by atoms with van der Waals surface area (Å²) in [6, 6.07) is 8.17. The molecule has 2 aliphatic carbocycles. The molecule has 0 bridgehead atoms. The summed E-state index contributed by atoms with van der Waals surface area (Å²) in [6.07, 6.45) is 18.5. The maximum absolute atomic E-state index is 11.6. The Morgan fingerprint density at radius 3 is 1.86 bits per heavy atom. The summed E-state index contributed by atoms with van der Waals surface area (Å²) in [4.78, 5) is 11.6. The Morgan fingerprint density at radius 1 is 0.793 bits per heavy atom. The van der Waals surface area contributed by atoms with Crippen molar-refractivity contribution in [3.8, 4) is 5.75 Å². The summed E-state index contributed by atoms with van der Waals surface area (Å²) in [7, 11) is 0. The Hall–Kier alpha value is -1.31. The number of ether oxygens (including phenoxy) is 1. The molecule has 0 radical (unpaired) electrons. The van der Waals surface area contributed by atoms with Crippen LogP contribution in [0.15, 0.2) is 24.3 Å². The van der Waals surface area contributed by atoms with E-state index in [0.29, 0.717) is 12.2 Å². The SMILES string of the molecule is CCCC(=O)Oc1ccc(CC[C@H]2CC[C@H]([C@H]3CC[C@H](CCC)CC3)CC2)cc1. The van der Waals surface area contributed by atoms with Crippen LogP contribution in [0.5, 0.6) is 5.75 Å². The minimum absolute atomic E-state index is 0.129. The van der Waals surface area contributed by atoms with Crippen molar-refractivity contribution in [2.75, 3.05) is 0 Å². The summed E-state index contributed by atoms with van der Waals surface area (Å²) in [6.45, 7) is 4.33. The molecule has 1 aromatic carbocycles. The minimum Gasteiger partial charge on any atom is -0.427 e. The van der Waals surface area contributed by atoms with E-state index in [9.17, 15) is 4.79 Å². The maximum Gasteiger partial charge on any atom is 0.311 e. The van der Waals surface area contributed by atoms with Crippen molar-refractivity contribution in [3.05, 3.63) is 29.8 Å². The summed E-state index contributed by atoms with van der Waals surface area (Å²) in [5, 5.41) is 0. The fraction of sp³-hybridized carbons (Fsp3) is 0.741. The summed E-state index contributed by atoms with van der Waals surface area (Å²) in [5.74, 6) is 4.55. The predicted octanol–water partition coefficient (Wildman–Crippen LogP) is 7.74.